The number of allylic oxidation sites excluding steroid dienone is 1. The number of hydrogen-bond acceptors (Lipinski definition) is 0. The minimum absolute atomic E-state index is 1.02. The molecule has 0 N–H and O–H groups in total. The van der Waals surface area contributed by atoms with E-state index in [2.05, 4.69) is 158 Å². The fraction of sp³-hybridized carbons (Fsp3) is 0.0303. The van der Waals surface area contributed by atoms with Crippen LogP contribution >= 0.6 is 0 Å². The molecule has 0 aliphatic rings. The first-order chi connectivity index (χ1) is 16.9. The number of rotatable bonds is 7. The summed E-state index contributed by atoms with van der Waals surface area (Å²) in [5, 5.41) is 1.02. The summed E-state index contributed by atoms with van der Waals surface area (Å²) >= 11 is -3.04. The average Bonchev–Trinajstić information content (AvgIpc) is 2.94. The van der Waals surface area contributed by atoms with Gasteiger partial charge in [0.1, 0.15) is 0 Å². The van der Waals surface area contributed by atoms with Crippen LogP contribution in [0.5, 0.6) is 0 Å². The summed E-state index contributed by atoms with van der Waals surface area (Å²) in [7, 11) is 0. The molecule has 164 valence electrons. The molecule has 0 amide bonds. The van der Waals surface area contributed by atoms with Gasteiger partial charge >= 0.3 is 206 Å². The molecule has 0 bridgehead atoms. The van der Waals surface area contributed by atoms with Gasteiger partial charge in [-0.05, 0) is 0 Å². The molecule has 5 rings (SSSR count). The molecule has 0 unspecified atom stereocenters. The van der Waals surface area contributed by atoms with Crippen LogP contribution in [0.2, 0.25) is 5.25 Å². The predicted molar refractivity (Wildman–Crippen MR) is 149 cm³/mol. The first kappa shape index (κ1) is 22.2. The molecule has 0 aliphatic carbocycles. The van der Waals surface area contributed by atoms with Crippen LogP contribution in [0.15, 0.2) is 158 Å². The molecule has 0 radical (unpaired) electrons. The normalized spacial score (nSPS) is 11.1. The van der Waals surface area contributed by atoms with Gasteiger partial charge in [-0.3, -0.25) is 0 Å². The topological polar surface area (TPSA) is 0 Å². The van der Waals surface area contributed by atoms with E-state index in [1.165, 1.54) is 29.9 Å². The predicted octanol–water partition coefficient (Wildman–Crippen LogP) is 6.29. The molecule has 0 fully saturated rings. The second-order valence-electron chi connectivity index (χ2n) is 8.56. The van der Waals surface area contributed by atoms with Crippen molar-refractivity contribution in [3.63, 3.8) is 0 Å². The maximum atomic E-state index is 2.51. The molecule has 0 heterocycles. The van der Waals surface area contributed by atoms with Crippen molar-refractivity contribution >= 4 is 32.0 Å². The van der Waals surface area contributed by atoms with Gasteiger partial charge in [0, 0.05) is 0 Å². The summed E-state index contributed by atoms with van der Waals surface area (Å²) in [5.74, 6) is 0. The van der Waals surface area contributed by atoms with Crippen LogP contribution in [-0.4, -0.2) is 13.3 Å². The van der Waals surface area contributed by atoms with Crippen molar-refractivity contribution in [2.75, 3.05) is 0 Å². The van der Waals surface area contributed by atoms with Gasteiger partial charge in [-0.25, -0.2) is 0 Å². The van der Waals surface area contributed by atoms with Crippen molar-refractivity contribution in [3.8, 4) is 0 Å². The first-order valence-electron chi connectivity index (χ1n) is 11.9. The van der Waals surface area contributed by atoms with Crippen molar-refractivity contribution < 1.29 is 0 Å². The van der Waals surface area contributed by atoms with Crippen LogP contribution < -0.4 is 13.2 Å². The van der Waals surface area contributed by atoms with E-state index in [1.54, 1.807) is 0 Å². The number of benzene rings is 5. The monoisotopic (exact) mass is 498 g/mol. The molecular weight excluding hydrogens is 469 g/mol. The second kappa shape index (κ2) is 10.5. The molecule has 0 nitrogen and oxygen atoms in total. The van der Waals surface area contributed by atoms with Crippen molar-refractivity contribution in [1.29, 1.82) is 0 Å². The third kappa shape index (κ3) is 4.55. The van der Waals surface area contributed by atoms with Crippen LogP contribution in [0, 0.1) is 0 Å². The van der Waals surface area contributed by atoms with Crippen molar-refractivity contribution in [1.82, 2.24) is 0 Å². The standard InChI is InChI=1S/C33H28Ge/c1-6-16-28(17-7-1)33(29-18-8-2-9-19-29)26-27-34(30-20-10-3-11-21-30,31-22-12-4-13-23-31)32-24-14-5-15-25-32/h1-26H,27H2. The molecular formula is C33H28Ge. The number of hydrogen-bond donors (Lipinski definition) is 0. The molecule has 5 aromatic carbocycles. The van der Waals surface area contributed by atoms with Gasteiger partial charge in [0.15, 0.2) is 0 Å². The Morgan fingerprint density at radius 1 is 0.412 bits per heavy atom. The third-order valence-corrected chi connectivity index (χ3v) is 16.6. The van der Waals surface area contributed by atoms with Gasteiger partial charge in [-0.1, -0.05) is 0 Å². The van der Waals surface area contributed by atoms with E-state index in [0.717, 1.165) is 5.25 Å². The molecule has 0 spiro atoms. The fourth-order valence-electron chi connectivity index (χ4n) is 4.91. The van der Waals surface area contributed by atoms with Crippen LogP contribution in [-0.2, 0) is 0 Å². The summed E-state index contributed by atoms with van der Waals surface area (Å²) in [6.45, 7) is 0. The summed E-state index contributed by atoms with van der Waals surface area (Å²) in [6.07, 6.45) is 2.51. The summed E-state index contributed by atoms with van der Waals surface area (Å²) < 4.78 is 4.45. The van der Waals surface area contributed by atoms with Crippen LogP contribution in [0.1, 0.15) is 11.1 Å². The summed E-state index contributed by atoms with van der Waals surface area (Å²) in [5.41, 5.74) is 3.83. The molecule has 0 aliphatic heterocycles. The average molecular weight is 497 g/mol. The molecule has 5 aromatic rings. The minimum atomic E-state index is -3.04. The van der Waals surface area contributed by atoms with E-state index >= 15 is 0 Å². The Kier molecular flexibility index (Phi) is 6.88. The Bertz CT molecular complexity index is 1190. The van der Waals surface area contributed by atoms with Gasteiger partial charge in [-0.15, -0.1) is 0 Å². The van der Waals surface area contributed by atoms with Crippen molar-refractivity contribution in [2.24, 2.45) is 0 Å². The van der Waals surface area contributed by atoms with E-state index in [1.807, 2.05) is 0 Å². The summed E-state index contributed by atoms with van der Waals surface area (Å²) in [4.78, 5) is 0. The van der Waals surface area contributed by atoms with Crippen LogP contribution in [0.4, 0.5) is 0 Å². The molecule has 34 heavy (non-hydrogen) atoms. The zero-order valence-electron chi connectivity index (χ0n) is 19.2. The summed E-state index contributed by atoms with van der Waals surface area (Å²) in [6, 6.07) is 55.2. The van der Waals surface area contributed by atoms with Crippen molar-refractivity contribution in [2.45, 2.75) is 5.25 Å². The van der Waals surface area contributed by atoms with Gasteiger partial charge < -0.3 is 0 Å². The van der Waals surface area contributed by atoms with Crippen LogP contribution in [0.3, 0.4) is 0 Å². The molecule has 0 saturated carbocycles. The molecule has 0 atom stereocenters. The Labute approximate surface area is 205 Å². The zero-order chi connectivity index (χ0) is 23.1. The van der Waals surface area contributed by atoms with Crippen LogP contribution in [0.25, 0.3) is 5.57 Å². The van der Waals surface area contributed by atoms with E-state index < -0.39 is 13.3 Å². The van der Waals surface area contributed by atoms with E-state index in [9.17, 15) is 0 Å². The zero-order valence-corrected chi connectivity index (χ0v) is 21.3. The Morgan fingerprint density at radius 2 is 0.706 bits per heavy atom. The van der Waals surface area contributed by atoms with E-state index in [4.69, 9.17) is 0 Å². The quantitative estimate of drug-likeness (QED) is 0.232. The van der Waals surface area contributed by atoms with Gasteiger partial charge in [0.25, 0.3) is 0 Å². The van der Waals surface area contributed by atoms with Gasteiger partial charge in [-0.2, -0.15) is 0 Å². The van der Waals surface area contributed by atoms with Crippen molar-refractivity contribution in [3.05, 3.63) is 169 Å². The Balaban J connectivity index is 1.75. The first-order valence-corrected chi connectivity index (χ1v) is 16.5. The fourth-order valence-corrected chi connectivity index (χ4v) is 14.4. The Hall–Kier alpha value is -3.62. The Morgan fingerprint density at radius 3 is 1.03 bits per heavy atom. The SMILES string of the molecule is C([CH2][Ge]([c]1ccccc1)([c]1ccccc1)[c]1ccccc1)=C(c1ccccc1)c1ccccc1. The maximum absolute atomic E-state index is 3.04. The molecule has 0 saturated heterocycles. The van der Waals surface area contributed by atoms with Gasteiger partial charge in [0.05, 0.1) is 0 Å². The molecule has 1 heteroatoms. The molecule has 0 aromatic heterocycles. The second-order valence-corrected chi connectivity index (χ2v) is 16.8. The van der Waals surface area contributed by atoms with E-state index in [-0.39, 0.29) is 0 Å². The third-order valence-electron chi connectivity index (χ3n) is 6.58. The van der Waals surface area contributed by atoms with Gasteiger partial charge in [0.2, 0.25) is 0 Å². The van der Waals surface area contributed by atoms with E-state index in [0.29, 0.717) is 0 Å².